The largest absolute Gasteiger partial charge is 0.480 e. The van der Waals surface area contributed by atoms with Gasteiger partial charge in [0.2, 0.25) is 5.91 Å². The van der Waals surface area contributed by atoms with Crippen molar-refractivity contribution in [2.45, 2.75) is 25.8 Å². The number of hydrogen-bond acceptors (Lipinski definition) is 4. The van der Waals surface area contributed by atoms with Gasteiger partial charge in [0, 0.05) is 0 Å². The molecule has 5 nitrogen and oxygen atoms in total. The van der Waals surface area contributed by atoms with Gasteiger partial charge >= 0.3 is 5.97 Å². The third-order valence-corrected chi connectivity index (χ3v) is 2.73. The molecule has 0 heterocycles. The van der Waals surface area contributed by atoms with Gasteiger partial charge in [-0.15, -0.1) is 0 Å². The summed E-state index contributed by atoms with van der Waals surface area (Å²) >= 11 is 1.46. The zero-order valence-corrected chi connectivity index (χ0v) is 9.55. The first-order valence-electron chi connectivity index (χ1n) is 4.82. The van der Waals surface area contributed by atoms with Crippen LogP contribution in [-0.4, -0.2) is 46.2 Å². The highest BCUT2D eigenvalue weighted by Gasteiger charge is 2.18. The molecule has 0 rings (SSSR count). The molecule has 1 atom stereocenters. The van der Waals surface area contributed by atoms with Gasteiger partial charge in [0.1, 0.15) is 6.04 Å². The second-order valence-electron chi connectivity index (χ2n) is 3.05. The lowest BCUT2D eigenvalue weighted by atomic mass is 10.3. The standard InChI is InChI=1S/C9H17NO4S/c1-2-3-4-15-6-8(12)10-7(5-11)9(13)14/h7,11H,2-6H2,1H3,(H,10,12)(H,13,14)/t7-/m1/s1. The van der Waals surface area contributed by atoms with E-state index >= 15 is 0 Å². The van der Waals surface area contributed by atoms with E-state index in [1.54, 1.807) is 0 Å². The Balaban J connectivity index is 3.67. The van der Waals surface area contributed by atoms with Gasteiger partial charge in [-0.1, -0.05) is 13.3 Å². The predicted octanol–water partition coefficient (Wildman–Crippen LogP) is 0.0814. The van der Waals surface area contributed by atoms with Crippen LogP contribution in [0.5, 0.6) is 0 Å². The minimum absolute atomic E-state index is 0.240. The smallest absolute Gasteiger partial charge is 0.328 e. The topological polar surface area (TPSA) is 86.6 Å². The van der Waals surface area contributed by atoms with Gasteiger partial charge in [-0.3, -0.25) is 4.79 Å². The first-order chi connectivity index (χ1) is 7.11. The number of unbranched alkanes of at least 4 members (excludes halogenated alkanes) is 1. The van der Waals surface area contributed by atoms with Crippen LogP contribution in [0.25, 0.3) is 0 Å². The highest BCUT2D eigenvalue weighted by Crippen LogP contribution is 2.03. The molecule has 0 aliphatic carbocycles. The summed E-state index contributed by atoms with van der Waals surface area (Å²) in [4.78, 5) is 21.6. The molecule has 0 fully saturated rings. The third kappa shape index (κ3) is 7.21. The van der Waals surface area contributed by atoms with Crippen LogP contribution in [0, 0.1) is 0 Å². The van der Waals surface area contributed by atoms with Gasteiger partial charge in [-0.05, 0) is 12.2 Å². The highest BCUT2D eigenvalue weighted by molar-refractivity contribution is 7.99. The third-order valence-electron chi connectivity index (χ3n) is 1.69. The molecule has 88 valence electrons. The Morgan fingerprint density at radius 2 is 2.13 bits per heavy atom. The molecule has 0 bridgehead atoms. The Morgan fingerprint density at radius 1 is 1.47 bits per heavy atom. The van der Waals surface area contributed by atoms with Gasteiger partial charge in [-0.2, -0.15) is 11.8 Å². The van der Waals surface area contributed by atoms with Gasteiger partial charge in [-0.25, -0.2) is 4.79 Å². The molecule has 3 N–H and O–H groups in total. The molecule has 0 spiro atoms. The van der Waals surface area contributed by atoms with E-state index in [0.29, 0.717) is 0 Å². The number of aliphatic hydroxyl groups excluding tert-OH is 1. The number of rotatable bonds is 8. The molecule has 0 radical (unpaired) electrons. The van der Waals surface area contributed by atoms with E-state index in [1.807, 2.05) is 0 Å². The van der Waals surface area contributed by atoms with Crippen molar-refractivity contribution in [2.75, 3.05) is 18.1 Å². The quantitative estimate of drug-likeness (QED) is 0.519. The fourth-order valence-electron chi connectivity index (χ4n) is 0.833. The molecule has 0 saturated carbocycles. The van der Waals surface area contributed by atoms with Crippen molar-refractivity contribution < 1.29 is 19.8 Å². The first kappa shape index (κ1) is 14.2. The number of amides is 1. The Kier molecular flexibility index (Phi) is 8.12. The highest BCUT2D eigenvalue weighted by atomic mass is 32.2. The summed E-state index contributed by atoms with van der Waals surface area (Å²) in [7, 11) is 0. The molecule has 6 heteroatoms. The molecule has 0 aromatic carbocycles. The van der Waals surface area contributed by atoms with Crippen molar-refractivity contribution in [2.24, 2.45) is 0 Å². The minimum Gasteiger partial charge on any atom is -0.480 e. The average Bonchev–Trinajstić information content (AvgIpc) is 2.20. The average molecular weight is 235 g/mol. The van der Waals surface area contributed by atoms with Crippen LogP contribution in [-0.2, 0) is 9.59 Å². The van der Waals surface area contributed by atoms with Gasteiger partial charge in [0.05, 0.1) is 12.4 Å². The van der Waals surface area contributed by atoms with E-state index < -0.39 is 18.6 Å². The fourth-order valence-corrected chi connectivity index (χ4v) is 1.74. The summed E-state index contributed by atoms with van der Waals surface area (Å²) in [5, 5.41) is 19.4. The summed E-state index contributed by atoms with van der Waals surface area (Å²) in [6.07, 6.45) is 2.11. The first-order valence-corrected chi connectivity index (χ1v) is 5.98. The Bertz CT molecular complexity index is 210. The number of nitrogens with one attached hydrogen (secondary N) is 1. The number of aliphatic carboxylic acids is 1. The van der Waals surface area contributed by atoms with Crippen LogP contribution < -0.4 is 5.32 Å². The second kappa shape index (κ2) is 8.55. The van der Waals surface area contributed by atoms with E-state index in [9.17, 15) is 9.59 Å². The summed E-state index contributed by atoms with van der Waals surface area (Å²) < 4.78 is 0. The van der Waals surface area contributed by atoms with Crippen molar-refractivity contribution >= 4 is 23.6 Å². The van der Waals surface area contributed by atoms with Gasteiger partial charge < -0.3 is 15.5 Å². The normalized spacial score (nSPS) is 12.1. The Labute approximate surface area is 93.2 Å². The number of aliphatic hydroxyl groups is 1. The molecule has 15 heavy (non-hydrogen) atoms. The lowest BCUT2D eigenvalue weighted by Crippen LogP contribution is -2.44. The zero-order chi connectivity index (χ0) is 11.7. The lowest BCUT2D eigenvalue weighted by molar-refractivity contribution is -0.142. The van der Waals surface area contributed by atoms with Gasteiger partial charge in [0.15, 0.2) is 0 Å². The lowest BCUT2D eigenvalue weighted by Gasteiger charge is -2.10. The summed E-state index contributed by atoms with van der Waals surface area (Å²) in [5.41, 5.74) is 0. The summed E-state index contributed by atoms with van der Waals surface area (Å²) in [5.74, 6) is -0.438. The molecule has 0 aromatic rings. The van der Waals surface area contributed by atoms with Crippen LogP contribution in [0.1, 0.15) is 19.8 Å². The van der Waals surface area contributed by atoms with Crippen LogP contribution in [0.3, 0.4) is 0 Å². The van der Waals surface area contributed by atoms with Crippen molar-refractivity contribution in [1.82, 2.24) is 5.32 Å². The van der Waals surface area contributed by atoms with Crippen molar-refractivity contribution in [1.29, 1.82) is 0 Å². The van der Waals surface area contributed by atoms with E-state index in [2.05, 4.69) is 12.2 Å². The molecular weight excluding hydrogens is 218 g/mol. The number of carbonyl (C=O) groups is 2. The van der Waals surface area contributed by atoms with Crippen molar-refractivity contribution in [3.8, 4) is 0 Å². The van der Waals surface area contributed by atoms with Crippen LogP contribution in [0.15, 0.2) is 0 Å². The molecule has 0 aliphatic heterocycles. The van der Waals surface area contributed by atoms with E-state index in [-0.39, 0.29) is 11.7 Å². The maximum atomic E-state index is 11.2. The molecular formula is C9H17NO4S. The Hall–Kier alpha value is -0.750. The summed E-state index contributed by atoms with van der Waals surface area (Å²) in [6, 6.07) is -1.19. The SMILES string of the molecule is CCCCSCC(=O)N[C@H](CO)C(=O)O. The predicted molar refractivity (Wildman–Crippen MR) is 58.9 cm³/mol. The fraction of sp³-hybridized carbons (Fsp3) is 0.778. The number of carboxylic acid groups (broad SMARTS) is 1. The van der Waals surface area contributed by atoms with E-state index in [0.717, 1.165) is 18.6 Å². The number of hydrogen-bond donors (Lipinski definition) is 3. The maximum Gasteiger partial charge on any atom is 0.328 e. The molecule has 1 amide bonds. The molecule has 0 unspecified atom stereocenters. The molecule has 0 aromatic heterocycles. The van der Waals surface area contributed by atoms with Crippen LogP contribution in [0.2, 0.25) is 0 Å². The second-order valence-corrected chi connectivity index (χ2v) is 4.15. The summed E-state index contributed by atoms with van der Waals surface area (Å²) in [6.45, 7) is 1.48. The van der Waals surface area contributed by atoms with Crippen molar-refractivity contribution in [3.63, 3.8) is 0 Å². The van der Waals surface area contributed by atoms with Crippen LogP contribution >= 0.6 is 11.8 Å². The van der Waals surface area contributed by atoms with Crippen LogP contribution in [0.4, 0.5) is 0 Å². The zero-order valence-electron chi connectivity index (χ0n) is 8.73. The van der Waals surface area contributed by atoms with Gasteiger partial charge in [0.25, 0.3) is 0 Å². The molecule has 0 aliphatic rings. The molecule has 0 saturated heterocycles. The Morgan fingerprint density at radius 3 is 2.60 bits per heavy atom. The number of carbonyl (C=O) groups excluding carboxylic acids is 1. The minimum atomic E-state index is -1.22. The van der Waals surface area contributed by atoms with E-state index in [4.69, 9.17) is 10.2 Å². The number of thioether (sulfide) groups is 1. The van der Waals surface area contributed by atoms with E-state index in [1.165, 1.54) is 11.8 Å². The van der Waals surface area contributed by atoms with Crippen molar-refractivity contribution in [3.05, 3.63) is 0 Å². The maximum absolute atomic E-state index is 11.2. The monoisotopic (exact) mass is 235 g/mol. The number of carboxylic acids is 1.